The van der Waals surface area contributed by atoms with Gasteiger partial charge in [-0.1, -0.05) is 36.4 Å². The third-order valence-corrected chi connectivity index (χ3v) is 6.01. The molecule has 5 aromatic rings. The zero-order valence-corrected chi connectivity index (χ0v) is 18.6. The van der Waals surface area contributed by atoms with Gasteiger partial charge >= 0.3 is 0 Å². The Hall–Kier alpha value is -4.99. The van der Waals surface area contributed by atoms with Gasteiger partial charge in [0.2, 0.25) is 5.95 Å². The molecule has 0 bridgehead atoms. The van der Waals surface area contributed by atoms with Crippen molar-refractivity contribution in [2.45, 2.75) is 6.17 Å². The Bertz CT molecular complexity index is 1670. The molecule has 35 heavy (non-hydrogen) atoms. The molecule has 1 aliphatic rings. The van der Waals surface area contributed by atoms with Crippen LogP contribution >= 0.6 is 0 Å². The van der Waals surface area contributed by atoms with Gasteiger partial charge in [0.15, 0.2) is 0 Å². The van der Waals surface area contributed by atoms with Crippen molar-refractivity contribution in [2.75, 3.05) is 11.1 Å². The van der Waals surface area contributed by atoms with Crippen molar-refractivity contribution >= 4 is 28.4 Å². The summed E-state index contributed by atoms with van der Waals surface area (Å²) in [4.78, 5) is 35.1. The second kappa shape index (κ2) is 7.80. The summed E-state index contributed by atoms with van der Waals surface area (Å²) in [5.41, 5.74) is 8.65. The van der Waals surface area contributed by atoms with Crippen LogP contribution in [0.1, 0.15) is 22.2 Å². The summed E-state index contributed by atoms with van der Waals surface area (Å²) >= 11 is 0. The molecule has 0 spiro atoms. The number of nitrogens with zero attached hydrogens (tertiary/aromatic N) is 5. The van der Waals surface area contributed by atoms with Crippen LogP contribution in [0.2, 0.25) is 0 Å². The molecule has 172 valence electrons. The first-order valence-corrected chi connectivity index (χ1v) is 10.9. The monoisotopic (exact) mass is 464 g/mol. The fourth-order valence-corrected chi connectivity index (χ4v) is 4.44. The van der Waals surface area contributed by atoms with E-state index in [0.29, 0.717) is 22.6 Å². The summed E-state index contributed by atoms with van der Waals surface area (Å²) in [7, 11) is 1.83. The average molecular weight is 464 g/mol. The van der Waals surface area contributed by atoms with Crippen molar-refractivity contribution in [1.82, 2.24) is 29.6 Å². The minimum absolute atomic E-state index is 0.0461. The van der Waals surface area contributed by atoms with E-state index in [1.807, 2.05) is 67.8 Å². The van der Waals surface area contributed by atoms with E-state index in [1.165, 1.54) is 6.20 Å². The Labute approximate surface area is 199 Å². The average Bonchev–Trinajstić information content (AvgIpc) is 3.29. The minimum Gasteiger partial charge on any atom is -0.368 e. The lowest BCUT2D eigenvalue weighted by molar-refractivity contribution is 0.0933. The number of nitrogens with two attached hydrogens (primary N) is 1. The van der Waals surface area contributed by atoms with Crippen LogP contribution < -0.4 is 21.9 Å². The van der Waals surface area contributed by atoms with E-state index in [1.54, 1.807) is 15.4 Å². The van der Waals surface area contributed by atoms with Crippen molar-refractivity contribution in [3.05, 3.63) is 94.8 Å². The van der Waals surface area contributed by atoms with Crippen LogP contribution in [0.25, 0.3) is 27.6 Å². The third kappa shape index (κ3) is 3.39. The first kappa shape index (κ1) is 20.6. The zero-order valence-electron chi connectivity index (χ0n) is 18.6. The van der Waals surface area contributed by atoms with E-state index in [0.717, 1.165) is 16.5 Å². The number of fused-ring (bicyclic) bond motifs is 2. The summed E-state index contributed by atoms with van der Waals surface area (Å²) in [5, 5.41) is 11.7. The van der Waals surface area contributed by atoms with Crippen LogP contribution in [0.4, 0.5) is 11.8 Å². The molecule has 4 N–H and O–H groups in total. The van der Waals surface area contributed by atoms with Gasteiger partial charge in [0.25, 0.3) is 11.5 Å². The van der Waals surface area contributed by atoms with Gasteiger partial charge < -0.3 is 16.4 Å². The van der Waals surface area contributed by atoms with E-state index >= 15 is 0 Å². The summed E-state index contributed by atoms with van der Waals surface area (Å²) < 4.78 is 3.31. The standard InChI is InChI=1S/C25H20N8O2/c1-32-13-15(11-28-32)17-9-5-6-14-10-19(33(24(35)20(14)17)16-7-3-2-4-8-16)22-29-21-18(23(34)30-22)12-27-25(26)31-21/h2-13,22H,1H3,(H,30,34)(H3,26,27,29,31). The van der Waals surface area contributed by atoms with Crippen LogP contribution in [-0.4, -0.2) is 30.2 Å². The van der Waals surface area contributed by atoms with Crippen molar-refractivity contribution in [2.24, 2.45) is 7.05 Å². The van der Waals surface area contributed by atoms with Crippen LogP contribution in [-0.2, 0) is 7.05 Å². The molecule has 1 amide bonds. The van der Waals surface area contributed by atoms with Gasteiger partial charge in [0, 0.05) is 30.7 Å². The highest BCUT2D eigenvalue weighted by atomic mass is 16.2. The summed E-state index contributed by atoms with van der Waals surface area (Å²) in [6.07, 6.45) is 4.25. The molecule has 1 unspecified atom stereocenters. The molecular formula is C25H20N8O2. The summed E-state index contributed by atoms with van der Waals surface area (Å²) in [5.74, 6) is -0.00712. The number of benzene rings is 2. The largest absolute Gasteiger partial charge is 0.368 e. The topological polar surface area (TPSA) is 133 Å². The van der Waals surface area contributed by atoms with E-state index in [2.05, 4.69) is 25.7 Å². The Morgan fingerprint density at radius 2 is 1.80 bits per heavy atom. The van der Waals surface area contributed by atoms with E-state index in [4.69, 9.17) is 5.73 Å². The Kier molecular flexibility index (Phi) is 4.59. The van der Waals surface area contributed by atoms with Crippen LogP contribution in [0.15, 0.2) is 78.0 Å². The number of aryl methyl sites for hydroxylation is 1. The van der Waals surface area contributed by atoms with Gasteiger partial charge in [-0.2, -0.15) is 10.1 Å². The minimum atomic E-state index is -0.733. The van der Waals surface area contributed by atoms with Crippen molar-refractivity contribution in [3.8, 4) is 16.8 Å². The van der Waals surface area contributed by atoms with Gasteiger partial charge in [-0.3, -0.25) is 18.8 Å². The maximum atomic E-state index is 14.1. The number of anilines is 2. The molecule has 6 rings (SSSR count). The lowest BCUT2D eigenvalue weighted by Crippen LogP contribution is -2.41. The second-order valence-corrected chi connectivity index (χ2v) is 8.26. The third-order valence-electron chi connectivity index (χ3n) is 6.01. The maximum absolute atomic E-state index is 14.1. The molecule has 0 radical (unpaired) electrons. The molecule has 4 heterocycles. The first-order valence-electron chi connectivity index (χ1n) is 10.9. The highest BCUT2D eigenvalue weighted by Gasteiger charge is 2.29. The summed E-state index contributed by atoms with van der Waals surface area (Å²) in [6.45, 7) is 0. The fraction of sp³-hybridized carbons (Fsp3) is 0.0800. The van der Waals surface area contributed by atoms with Crippen molar-refractivity contribution in [1.29, 1.82) is 0 Å². The number of amides is 1. The Morgan fingerprint density at radius 1 is 0.971 bits per heavy atom. The molecule has 0 saturated carbocycles. The van der Waals surface area contributed by atoms with Gasteiger partial charge in [-0.05, 0) is 29.1 Å². The van der Waals surface area contributed by atoms with E-state index in [-0.39, 0.29) is 23.0 Å². The SMILES string of the molecule is Cn1cc(-c2cccc3cc(C4NC(=O)c5cnc(N)nc5N4)n(-c4ccccc4)c(=O)c23)cn1. The number of nitrogens with one attached hydrogen (secondary N) is 2. The van der Waals surface area contributed by atoms with Gasteiger partial charge in [-0.25, -0.2) is 4.98 Å². The molecule has 10 nitrogen and oxygen atoms in total. The van der Waals surface area contributed by atoms with Crippen molar-refractivity contribution < 1.29 is 4.79 Å². The molecule has 3 aromatic heterocycles. The summed E-state index contributed by atoms with van der Waals surface area (Å²) in [6, 6.07) is 16.9. The first-order chi connectivity index (χ1) is 17.0. The molecule has 0 fully saturated rings. The normalized spacial score (nSPS) is 14.9. The molecule has 0 aliphatic carbocycles. The molecular weight excluding hydrogens is 444 g/mol. The number of aromatic nitrogens is 5. The van der Waals surface area contributed by atoms with E-state index in [9.17, 15) is 9.59 Å². The highest BCUT2D eigenvalue weighted by molar-refractivity contribution is 6.01. The van der Waals surface area contributed by atoms with Crippen LogP contribution in [0.5, 0.6) is 0 Å². The number of nitrogen functional groups attached to an aromatic ring is 1. The zero-order chi connectivity index (χ0) is 24.1. The highest BCUT2D eigenvalue weighted by Crippen LogP contribution is 2.31. The quantitative estimate of drug-likeness (QED) is 0.374. The number of carbonyl (C=O) groups excluding carboxylic acids is 1. The number of carbonyl (C=O) groups is 1. The molecule has 1 atom stereocenters. The number of rotatable bonds is 3. The Balaban J connectivity index is 1.62. The second-order valence-electron chi connectivity index (χ2n) is 8.26. The van der Waals surface area contributed by atoms with Gasteiger partial charge in [0.1, 0.15) is 17.5 Å². The fourth-order valence-electron chi connectivity index (χ4n) is 4.44. The lowest BCUT2D eigenvalue weighted by Gasteiger charge is -2.29. The maximum Gasteiger partial charge on any atom is 0.263 e. The predicted octanol–water partition coefficient (Wildman–Crippen LogP) is 2.62. The number of hydrogen-bond donors (Lipinski definition) is 3. The van der Waals surface area contributed by atoms with Gasteiger partial charge in [-0.15, -0.1) is 0 Å². The Morgan fingerprint density at radius 3 is 2.57 bits per heavy atom. The smallest absolute Gasteiger partial charge is 0.263 e. The van der Waals surface area contributed by atoms with Gasteiger partial charge in [0.05, 0.1) is 17.3 Å². The molecule has 2 aromatic carbocycles. The van der Waals surface area contributed by atoms with Crippen LogP contribution in [0.3, 0.4) is 0 Å². The number of hydrogen-bond acceptors (Lipinski definition) is 7. The number of pyridine rings is 1. The molecule has 10 heteroatoms. The molecule has 0 saturated heterocycles. The van der Waals surface area contributed by atoms with Crippen LogP contribution in [0, 0.1) is 0 Å². The molecule has 1 aliphatic heterocycles. The van der Waals surface area contributed by atoms with E-state index < -0.39 is 6.17 Å². The predicted molar refractivity (Wildman–Crippen MR) is 132 cm³/mol. The number of para-hydroxylation sites is 1. The van der Waals surface area contributed by atoms with Crippen molar-refractivity contribution in [3.63, 3.8) is 0 Å². The lowest BCUT2D eigenvalue weighted by atomic mass is 10.00.